The highest BCUT2D eigenvalue weighted by molar-refractivity contribution is 7.14. The first-order valence-electron chi connectivity index (χ1n) is 10.9. The van der Waals surface area contributed by atoms with Crippen molar-refractivity contribution in [2.75, 3.05) is 43.1 Å². The number of aromatic nitrogens is 2. The molecule has 4 N–H and O–H groups in total. The van der Waals surface area contributed by atoms with Crippen molar-refractivity contribution >= 4 is 39.1 Å². The Morgan fingerprint density at radius 3 is 2.82 bits per heavy atom. The maximum absolute atomic E-state index is 12.3. The quantitative estimate of drug-likeness (QED) is 0.343. The maximum Gasteiger partial charge on any atom is 0.319 e. The lowest BCUT2D eigenvalue weighted by Gasteiger charge is -2.26. The van der Waals surface area contributed by atoms with Crippen molar-refractivity contribution in [1.29, 1.82) is 0 Å². The molecule has 1 aliphatic rings. The third-order valence-electron chi connectivity index (χ3n) is 5.64. The van der Waals surface area contributed by atoms with Gasteiger partial charge >= 0.3 is 6.03 Å². The number of benzene rings is 2. The molecule has 0 saturated carbocycles. The van der Waals surface area contributed by atoms with Crippen LogP contribution in [0.15, 0.2) is 54.0 Å². The molecule has 1 aliphatic heterocycles. The molecule has 2 aromatic heterocycles. The monoisotopic (exact) mass is 463 g/mol. The van der Waals surface area contributed by atoms with Gasteiger partial charge in [-0.3, -0.25) is 0 Å². The van der Waals surface area contributed by atoms with Gasteiger partial charge in [0.25, 0.3) is 0 Å². The topological polar surface area (TPSA) is 103 Å². The van der Waals surface area contributed by atoms with E-state index in [0.717, 1.165) is 64.8 Å². The molecule has 0 radical (unpaired) electrons. The van der Waals surface area contributed by atoms with Crippen LogP contribution >= 0.6 is 11.3 Å². The number of rotatable bonds is 6. The molecular weight excluding hydrogens is 438 g/mol. The highest BCUT2D eigenvalue weighted by atomic mass is 32.1. The Hall–Kier alpha value is -3.56. The number of nitrogens with zero attached hydrogens (tertiary/aromatic N) is 2. The van der Waals surface area contributed by atoms with E-state index in [1.807, 2.05) is 36.5 Å². The molecule has 0 aliphatic carbocycles. The lowest BCUT2D eigenvalue weighted by molar-refractivity contribution is 0.122. The Morgan fingerprint density at radius 2 is 2.00 bits per heavy atom. The van der Waals surface area contributed by atoms with Gasteiger partial charge in [0.05, 0.1) is 18.9 Å². The molecule has 1 saturated heterocycles. The molecule has 0 unspecified atom stereocenters. The summed E-state index contributed by atoms with van der Waals surface area (Å²) in [6.45, 7) is 3.70. The predicted octanol–water partition coefficient (Wildman–Crippen LogP) is 4.20. The lowest BCUT2D eigenvalue weighted by atomic mass is 10.1. The molecule has 2 amide bonds. The zero-order valence-corrected chi connectivity index (χ0v) is 18.8. The molecule has 3 heterocycles. The van der Waals surface area contributed by atoms with Gasteiger partial charge in [-0.1, -0.05) is 12.1 Å². The summed E-state index contributed by atoms with van der Waals surface area (Å²) < 4.78 is 5.41. The average Bonchev–Trinajstić information content (AvgIpc) is 3.48. The number of aromatic amines is 1. The number of phenols is 1. The number of carbonyl (C=O) groups is 1. The van der Waals surface area contributed by atoms with Crippen LogP contribution in [0.1, 0.15) is 5.56 Å². The highest BCUT2D eigenvalue weighted by Gasteiger charge is 2.15. The molecule has 170 valence electrons. The Bertz CT molecular complexity index is 1240. The molecule has 4 aromatic rings. The Kier molecular flexibility index (Phi) is 6.14. The van der Waals surface area contributed by atoms with E-state index in [4.69, 9.17) is 9.72 Å². The van der Waals surface area contributed by atoms with Crippen molar-refractivity contribution in [2.45, 2.75) is 6.42 Å². The number of nitrogens with one attached hydrogen (secondary N) is 3. The summed E-state index contributed by atoms with van der Waals surface area (Å²) in [6.07, 6.45) is 2.57. The third-order valence-corrected chi connectivity index (χ3v) is 6.54. The smallest absolute Gasteiger partial charge is 0.319 e. The van der Waals surface area contributed by atoms with Crippen molar-refractivity contribution < 1.29 is 14.6 Å². The van der Waals surface area contributed by atoms with Crippen LogP contribution in [-0.4, -0.2) is 54.0 Å². The van der Waals surface area contributed by atoms with Gasteiger partial charge in [-0.25, -0.2) is 9.78 Å². The number of thiazole rings is 1. The summed E-state index contributed by atoms with van der Waals surface area (Å²) in [7, 11) is 0. The van der Waals surface area contributed by atoms with E-state index in [-0.39, 0.29) is 11.8 Å². The van der Waals surface area contributed by atoms with E-state index in [9.17, 15) is 9.90 Å². The highest BCUT2D eigenvalue weighted by Crippen LogP contribution is 2.28. The first-order chi connectivity index (χ1) is 16.2. The van der Waals surface area contributed by atoms with Gasteiger partial charge in [0, 0.05) is 53.4 Å². The summed E-state index contributed by atoms with van der Waals surface area (Å²) in [5.41, 5.74) is 4.67. The summed E-state index contributed by atoms with van der Waals surface area (Å²) in [5.74, 6) is 0.229. The van der Waals surface area contributed by atoms with Crippen molar-refractivity contribution in [2.24, 2.45) is 0 Å². The lowest BCUT2D eigenvalue weighted by Crippen LogP contribution is -2.36. The van der Waals surface area contributed by atoms with E-state index in [1.54, 1.807) is 23.5 Å². The van der Waals surface area contributed by atoms with Crippen LogP contribution in [0.5, 0.6) is 5.75 Å². The third kappa shape index (κ3) is 4.94. The second-order valence-electron chi connectivity index (χ2n) is 7.87. The number of ether oxygens (including phenoxy) is 1. The first kappa shape index (κ1) is 21.3. The van der Waals surface area contributed by atoms with Gasteiger partial charge in [-0.2, -0.15) is 0 Å². The van der Waals surface area contributed by atoms with E-state index in [2.05, 4.69) is 25.9 Å². The zero-order chi connectivity index (χ0) is 22.6. The Balaban J connectivity index is 1.13. The minimum Gasteiger partial charge on any atom is -0.508 e. The molecule has 0 spiro atoms. The predicted molar refractivity (Wildman–Crippen MR) is 131 cm³/mol. The molecule has 1 fully saturated rings. The van der Waals surface area contributed by atoms with Gasteiger partial charge in [-0.05, 0) is 42.3 Å². The number of hydrogen-bond acceptors (Lipinski definition) is 6. The zero-order valence-electron chi connectivity index (χ0n) is 18.0. The van der Waals surface area contributed by atoms with E-state index < -0.39 is 0 Å². The Labute approximate surface area is 195 Å². The standard InChI is InChI=1S/C24H25N5O3S/c30-19-5-6-21-20(13-19)17(14-26-21)7-8-25-23(31)27-18-3-1-16(2-4-18)22-15-33-24(28-22)29-9-11-32-12-10-29/h1-6,13-15,26,30H,7-12H2,(H2,25,27,31). The summed E-state index contributed by atoms with van der Waals surface area (Å²) >= 11 is 1.64. The van der Waals surface area contributed by atoms with Gasteiger partial charge in [0.15, 0.2) is 5.13 Å². The van der Waals surface area contributed by atoms with Crippen molar-refractivity contribution in [3.8, 4) is 17.0 Å². The molecule has 0 atom stereocenters. The van der Waals surface area contributed by atoms with E-state index in [0.29, 0.717) is 13.0 Å². The van der Waals surface area contributed by atoms with Crippen molar-refractivity contribution in [3.63, 3.8) is 0 Å². The molecule has 9 heteroatoms. The average molecular weight is 464 g/mol. The van der Waals surface area contributed by atoms with Gasteiger partial charge in [0.2, 0.25) is 0 Å². The van der Waals surface area contributed by atoms with Gasteiger partial charge in [-0.15, -0.1) is 11.3 Å². The van der Waals surface area contributed by atoms with Crippen LogP contribution in [0, 0.1) is 0 Å². The largest absolute Gasteiger partial charge is 0.508 e. The van der Waals surface area contributed by atoms with E-state index >= 15 is 0 Å². The second kappa shape index (κ2) is 9.51. The number of morpholine rings is 1. The van der Waals surface area contributed by atoms with Gasteiger partial charge < -0.3 is 30.4 Å². The second-order valence-corrected chi connectivity index (χ2v) is 8.70. The first-order valence-corrected chi connectivity index (χ1v) is 11.8. The number of fused-ring (bicyclic) bond motifs is 1. The molecule has 33 heavy (non-hydrogen) atoms. The normalized spacial score (nSPS) is 13.9. The van der Waals surface area contributed by atoms with Crippen LogP contribution in [0.4, 0.5) is 15.6 Å². The summed E-state index contributed by atoms with van der Waals surface area (Å²) in [5, 5.41) is 19.5. The van der Waals surface area contributed by atoms with Crippen LogP contribution in [0.25, 0.3) is 22.2 Å². The number of amides is 2. The van der Waals surface area contributed by atoms with Crippen LogP contribution in [-0.2, 0) is 11.2 Å². The fraction of sp³-hybridized carbons (Fsp3) is 0.250. The SMILES string of the molecule is O=C(NCCc1c[nH]c2ccc(O)cc12)Nc1ccc(-c2csc(N3CCOCC3)n2)cc1. The number of H-pyrrole nitrogens is 1. The number of phenolic OH excluding ortho intramolecular Hbond substituents is 1. The van der Waals surface area contributed by atoms with Crippen molar-refractivity contribution in [3.05, 3.63) is 59.6 Å². The minimum absolute atomic E-state index is 0.229. The maximum atomic E-state index is 12.3. The fourth-order valence-corrected chi connectivity index (χ4v) is 4.77. The molecule has 5 rings (SSSR count). The van der Waals surface area contributed by atoms with Crippen LogP contribution in [0.3, 0.4) is 0 Å². The van der Waals surface area contributed by atoms with Gasteiger partial charge in [0.1, 0.15) is 5.75 Å². The van der Waals surface area contributed by atoms with E-state index in [1.165, 1.54) is 0 Å². The van der Waals surface area contributed by atoms with Crippen LogP contribution < -0.4 is 15.5 Å². The summed E-state index contributed by atoms with van der Waals surface area (Å²) in [4.78, 5) is 22.5. The minimum atomic E-state index is -0.256. The Morgan fingerprint density at radius 1 is 1.18 bits per heavy atom. The molecule has 8 nitrogen and oxygen atoms in total. The number of hydrogen-bond donors (Lipinski definition) is 4. The van der Waals surface area contributed by atoms with Crippen LogP contribution in [0.2, 0.25) is 0 Å². The number of anilines is 2. The molecule has 0 bridgehead atoms. The summed E-state index contributed by atoms with van der Waals surface area (Å²) in [6, 6.07) is 12.7. The van der Waals surface area contributed by atoms with Crippen molar-refractivity contribution in [1.82, 2.24) is 15.3 Å². The number of aromatic hydroxyl groups is 1. The number of urea groups is 1. The number of carbonyl (C=O) groups excluding carboxylic acids is 1. The molecule has 2 aromatic carbocycles. The fourth-order valence-electron chi connectivity index (χ4n) is 3.88. The molecular formula is C24H25N5O3S.